The highest BCUT2D eigenvalue weighted by atomic mass is 16.4. The van der Waals surface area contributed by atoms with Gasteiger partial charge in [-0.2, -0.15) is 0 Å². The number of aromatic amines is 8. The number of carbonyl (C=O) groups excluding carboxylic acids is 15. The van der Waals surface area contributed by atoms with Gasteiger partial charge in [-0.05, 0) is 126 Å². The monoisotopic (exact) mass is 2050 g/mol. The molecule has 16 atom stereocenters. The van der Waals surface area contributed by atoms with E-state index in [0.29, 0.717) is 55.7 Å². The quantitative estimate of drug-likeness (QED) is 0.0182. The van der Waals surface area contributed by atoms with E-state index in [4.69, 9.17) is 17.2 Å². The van der Waals surface area contributed by atoms with Crippen LogP contribution >= 0.6 is 0 Å². The second-order valence-corrected chi connectivity index (χ2v) is 39.3. The Balaban J connectivity index is 1.00. The van der Waals surface area contributed by atoms with Gasteiger partial charge in [0, 0.05) is 101 Å². The summed E-state index contributed by atoms with van der Waals surface area (Å²) in [7, 11) is 0. The van der Waals surface area contributed by atoms with Gasteiger partial charge in [-0.3, -0.25) is 71.9 Å². The highest BCUT2D eigenvalue weighted by Crippen LogP contribution is 2.20. The van der Waals surface area contributed by atoms with E-state index in [1.54, 1.807) is 75.4 Å². The van der Waals surface area contributed by atoms with Crippen LogP contribution in [0.5, 0.6) is 0 Å². The van der Waals surface area contributed by atoms with Crippen LogP contribution < -0.4 is 97.0 Å². The molecule has 0 saturated carbocycles. The molecule has 51 nitrogen and oxygen atoms in total. The standard InChI is InChI=1S/C96H148N34O17/c1-51(2)21-65(99)81(131)118-73(27-57-35-100-43-108-57)89(139)128-75(29-59-37-102-45-110-59)90(140)121-68(22-52(3)4)83(133)120-71(25-55(9)10)86(136)125-79(33-63-41-106-49-114-63)94(144)130-77(31-61-39-104-47-112-61)92(142)123-72(26-56(11)12)87(137)126-80(34-64-42-107-50-115-64)95(145)129-76(30-60-38-103-46-111-60)91(141)122-69(23-53(5)6)84(134)119-70(24-54(7)8)85(135)124-78(32-62-40-105-48-113-62)93(143)127-74(28-58-36-101-44-109-58)88(138)116-66(17-13-15-19-97)82(132)117-67(96(146)147)18-14-16-20-98/h35-56,65-80H,13-34,97-99H2,1-12H3,(H,100,108)(H,101,109)(H,102,110)(H,103,111)(H,104,112)(H,105,113)(H,106,114)(H,107,115)(H,116,138)(H,117,132)(H,118,131)(H,119,134)(H,120,133)(H,121,140)(H,122,141)(H,123,142)(H,124,135)(H,125,136)(H,126,137)(H,127,143)(H,128,139)(H,129,145)(H,130,144)(H,146,147)/t65-,66-,67-,68-,69-,70-,71-,72-,73-,74-,75-,76-,77-,78-,79-,80-/m0/s1. The third-order valence-electron chi connectivity index (χ3n) is 23.7. The lowest BCUT2D eigenvalue weighted by molar-refractivity contribution is -0.142. The van der Waals surface area contributed by atoms with E-state index in [1.807, 2.05) is 13.8 Å². The first-order valence-electron chi connectivity index (χ1n) is 49.9. The number of nitrogens with zero attached hydrogens (tertiary/aromatic N) is 8. The zero-order valence-electron chi connectivity index (χ0n) is 85.3. The van der Waals surface area contributed by atoms with E-state index in [9.17, 15) is 43.5 Å². The van der Waals surface area contributed by atoms with Crippen molar-refractivity contribution in [1.29, 1.82) is 0 Å². The number of hydrogen-bond acceptors (Lipinski definition) is 27. The smallest absolute Gasteiger partial charge is 0.326 e. The number of carboxylic acid groups (broad SMARTS) is 1. The van der Waals surface area contributed by atoms with Crippen LogP contribution in [0, 0.1) is 35.5 Å². The number of imidazole rings is 8. The van der Waals surface area contributed by atoms with Gasteiger partial charge in [0.15, 0.2) is 0 Å². The highest BCUT2D eigenvalue weighted by molar-refractivity contribution is 6.01. The van der Waals surface area contributed by atoms with Crippen molar-refractivity contribution in [1.82, 2.24) is 159 Å². The first kappa shape index (κ1) is 117. The molecule has 0 spiro atoms. The molecule has 804 valence electrons. The van der Waals surface area contributed by atoms with E-state index in [2.05, 4.69) is 159 Å². The predicted molar refractivity (Wildman–Crippen MR) is 535 cm³/mol. The van der Waals surface area contributed by atoms with E-state index in [0.717, 1.165) is 0 Å². The van der Waals surface area contributed by atoms with E-state index in [-0.39, 0.29) is 167 Å². The van der Waals surface area contributed by atoms with Crippen LogP contribution in [0.1, 0.15) is 206 Å². The average Bonchev–Trinajstić information content (AvgIpc) is 1.72. The Morgan fingerprint density at radius 1 is 0.224 bits per heavy atom. The molecule has 0 radical (unpaired) electrons. The SMILES string of the molecule is CC(C)C[C@H](NC(=O)[C@H](CC(C)C)NC(=O)[C@H](Cc1c[nH]cn1)NC(=O)[C@H](Cc1c[nH]cn1)NC(=O)[C@H](CC(C)C)NC(=O)[C@H](Cc1c[nH]cn1)NC(=O)[C@H](Cc1c[nH]cn1)NC(=O)[C@H](CC(C)C)NC(=O)[C@H](CC(C)C)NC(=O)[C@H](Cc1c[nH]cn1)NC(=O)[C@H](Cc1c[nH]cn1)NC(=O)[C@@H](N)CC(C)C)C(=O)N[C@@H](Cc1c[nH]cn1)C(=O)N[C@@H](Cc1c[nH]cn1)C(=O)N[C@@H](CCCCN)C(=O)N[C@@H](CCCCN)C(=O)O. The average molecular weight is 2050 g/mol. The van der Waals surface area contributed by atoms with Gasteiger partial charge in [0.25, 0.3) is 0 Å². The van der Waals surface area contributed by atoms with Crippen LogP contribution in [0.4, 0.5) is 0 Å². The maximum atomic E-state index is 15.3. The molecule has 0 bridgehead atoms. The summed E-state index contributed by atoms with van der Waals surface area (Å²) >= 11 is 0. The molecule has 8 aromatic rings. The van der Waals surface area contributed by atoms with Crippen molar-refractivity contribution in [2.45, 2.75) is 308 Å². The zero-order valence-corrected chi connectivity index (χ0v) is 85.3. The van der Waals surface area contributed by atoms with E-state index >= 15 is 38.4 Å². The van der Waals surface area contributed by atoms with Gasteiger partial charge in [0.1, 0.15) is 90.6 Å². The lowest BCUT2D eigenvalue weighted by Crippen LogP contribution is -2.62. The molecule has 0 aliphatic rings. The molecule has 8 aromatic heterocycles. The Bertz CT molecular complexity index is 5350. The summed E-state index contributed by atoms with van der Waals surface area (Å²) < 4.78 is 0. The molecule has 0 saturated heterocycles. The van der Waals surface area contributed by atoms with Crippen LogP contribution in [0.3, 0.4) is 0 Å². The van der Waals surface area contributed by atoms with Crippen LogP contribution in [-0.2, 0) is 128 Å². The Kier molecular flexibility index (Phi) is 48.0. The fraction of sp³-hybridized carbons (Fsp3) is 0.583. The van der Waals surface area contributed by atoms with Crippen molar-refractivity contribution >= 4 is 94.6 Å². The number of nitrogens with two attached hydrogens (primary N) is 3. The highest BCUT2D eigenvalue weighted by Gasteiger charge is 2.42. The van der Waals surface area contributed by atoms with Crippen molar-refractivity contribution < 1.29 is 81.8 Å². The van der Waals surface area contributed by atoms with Crippen molar-refractivity contribution in [3.63, 3.8) is 0 Å². The van der Waals surface area contributed by atoms with Gasteiger partial charge in [-0.25, -0.2) is 44.7 Å². The summed E-state index contributed by atoms with van der Waals surface area (Å²) in [6, 6.07) is -22.7. The third kappa shape index (κ3) is 40.9. The number of nitrogens with one attached hydrogen (secondary N) is 23. The van der Waals surface area contributed by atoms with E-state index < -0.39 is 191 Å². The van der Waals surface area contributed by atoms with Gasteiger partial charge in [0.05, 0.1) is 102 Å². The van der Waals surface area contributed by atoms with Gasteiger partial charge in [-0.1, -0.05) is 83.1 Å². The molecular formula is C96H148N34O17. The van der Waals surface area contributed by atoms with Crippen molar-refractivity contribution in [2.24, 2.45) is 52.7 Å². The molecule has 147 heavy (non-hydrogen) atoms. The molecule has 30 N–H and O–H groups in total. The molecule has 0 aromatic carbocycles. The number of aromatic nitrogens is 16. The first-order chi connectivity index (χ1) is 70.1. The number of amides is 15. The maximum Gasteiger partial charge on any atom is 0.326 e. The van der Waals surface area contributed by atoms with Crippen molar-refractivity contribution in [3.8, 4) is 0 Å². The molecule has 0 unspecified atom stereocenters. The zero-order chi connectivity index (χ0) is 107. The van der Waals surface area contributed by atoms with E-state index in [1.165, 1.54) is 94.0 Å². The molecule has 0 fully saturated rings. The maximum absolute atomic E-state index is 15.3. The summed E-state index contributed by atoms with van der Waals surface area (Å²) in [5, 5.41) is 51.3. The number of H-pyrrole nitrogens is 8. The normalized spacial score (nSPS) is 14.8. The number of unbranched alkanes of at least 4 members (excludes halogenated alkanes) is 2. The number of rotatable bonds is 67. The fourth-order valence-corrected chi connectivity index (χ4v) is 16.3. The molecule has 0 aliphatic carbocycles. The minimum absolute atomic E-state index is 0.0162. The van der Waals surface area contributed by atoms with Gasteiger partial charge in [-0.15, -0.1) is 0 Å². The van der Waals surface area contributed by atoms with Crippen LogP contribution in [0.15, 0.2) is 100 Å². The summed E-state index contributed by atoms with van der Waals surface area (Å²) in [6.45, 7) is 22.2. The Hall–Kier alpha value is -14.9. The second kappa shape index (κ2) is 60.1. The number of carbonyl (C=O) groups is 16. The molecule has 15 amide bonds. The summed E-state index contributed by atoms with van der Waals surface area (Å²) in [4.78, 5) is 292. The molecular weight excluding hydrogens is 1900 g/mol. The minimum atomic E-state index is -1.59. The summed E-state index contributed by atoms with van der Waals surface area (Å²) in [6.07, 6.45) is 22.6. The topological polar surface area (TPSA) is 781 Å². The summed E-state index contributed by atoms with van der Waals surface area (Å²) in [5.74, 6) is -15.7. The van der Waals surface area contributed by atoms with Gasteiger partial charge < -0.3 is 142 Å². The third-order valence-corrected chi connectivity index (χ3v) is 23.7. The number of hydrogen-bond donors (Lipinski definition) is 27. The lowest BCUT2D eigenvalue weighted by Gasteiger charge is -2.29. The Morgan fingerprint density at radius 3 is 0.537 bits per heavy atom. The molecule has 8 rings (SSSR count). The molecule has 8 heterocycles. The van der Waals surface area contributed by atoms with Gasteiger partial charge in [0.2, 0.25) is 88.6 Å². The number of aliphatic carboxylic acids is 1. The van der Waals surface area contributed by atoms with Crippen LogP contribution in [0.2, 0.25) is 0 Å². The largest absolute Gasteiger partial charge is 0.480 e. The minimum Gasteiger partial charge on any atom is -0.480 e. The predicted octanol–water partition coefficient (Wildman–Crippen LogP) is -2.07. The fourth-order valence-electron chi connectivity index (χ4n) is 16.3. The second-order valence-electron chi connectivity index (χ2n) is 39.3. The van der Waals surface area contributed by atoms with Crippen LogP contribution in [0.25, 0.3) is 0 Å². The lowest BCUT2D eigenvalue weighted by atomic mass is 9.99. The summed E-state index contributed by atoms with van der Waals surface area (Å²) in [5.41, 5.74) is 20.1. The van der Waals surface area contributed by atoms with Crippen molar-refractivity contribution in [2.75, 3.05) is 13.1 Å². The molecule has 0 aliphatic heterocycles. The Labute approximate surface area is 851 Å². The first-order valence-corrected chi connectivity index (χ1v) is 49.9. The van der Waals surface area contributed by atoms with Gasteiger partial charge >= 0.3 is 5.97 Å². The van der Waals surface area contributed by atoms with Crippen LogP contribution in [-0.4, -0.2) is 289 Å². The van der Waals surface area contributed by atoms with Crippen molar-refractivity contribution in [3.05, 3.63) is 146 Å². The number of carboxylic acids is 1. The molecule has 51 heteroatoms. The Morgan fingerprint density at radius 2 is 0.374 bits per heavy atom.